The highest BCUT2D eigenvalue weighted by Gasteiger charge is 2.29. The number of ether oxygens (including phenoxy) is 2. The fourth-order valence-electron chi connectivity index (χ4n) is 1.33. The minimum atomic E-state index is -1.17. The van der Waals surface area contributed by atoms with Gasteiger partial charge >= 0.3 is 5.97 Å². The standard InChI is InChI=1S/C10H19NO4/c1-10(2,3)15-9(13)8(12)11-4-6-14-7-5-11/h8,12H,4-7H2,1-3H3/t8-/m0/s1. The highest BCUT2D eigenvalue weighted by atomic mass is 16.6. The van der Waals surface area contributed by atoms with Gasteiger partial charge in [0.1, 0.15) is 5.60 Å². The maximum absolute atomic E-state index is 11.5. The number of carbonyl (C=O) groups is 1. The molecule has 1 aliphatic heterocycles. The topological polar surface area (TPSA) is 59.0 Å². The molecule has 1 saturated heterocycles. The van der Waals surface area contributed by atoms with Crippen LogP contribution in [0.4, 0.5) is 0 Å². The Morgan fingerprint density at radius 3 is 2.40 bits per heavy atom. The Hall–Kier alpha value is -0.650. The molecule has 0 saturated carbocycles. The SMILES string of the molecule is CC(C)(C)OC(=O)[C@H](O)N1CCOCC1. The molecule has 1 rings (SSSR count). The first kappa shape index (κ1) is 12.4. The zero-order chi connectivity index (χ0) is 11.5. The van der Waals surface area contributed by atoms with E-state index in [2.05, 4.69) is 0 Å². The molecule has 0 amide bonds. The summed E-state index contributed by atoms with van der Waals surface area (Å²) in [6, 6.07) is 0. The van der Waals surface area contributed by atoms with Gasteiger partial charge in [-0.1, -0.05) is 0 Å². The monoisotopic (exact) mass is 217 g/mol. The van der Waals surface area contributed by atoms with Gasteiger partial charge in [0.2, 0.25) is 6.23 Å². The number of esters is 1. The second-order valence-electron chi connectivity index (χ2n) is 4.56. The molecule has 0 aromatic rings. The van der Waals surface area contributed by atoms with E-state index >= 15 is 0 Å². The first-order valence-corrected chi connectivity index (χ1v) is 5.13. The van der Waals surface area contributed by atoms with Crippen molar-refractivity contribution < 1.29 is 19.4 Å². The molecule has 1 aliphatic rings. The molecular formula is C10H19NO4. The third-order valence-electron chi connectivity index (χ3n) is 2.01. The Bertz CT molecular complexity index is 218. The van der Waals surface area contributed by atoms with Crippen LogP contribution in [0.5, 0.6) is 0 Å². The van der Waals surface area contributed by atoms with Crippen LogP contribution < -0.4 is 0 Å². The van der Waals surface area contributed by atoms with E-state index in [4.69, 9.17) is 9.47 Å². The summed E-state index contributed by atoms with van der Waals surface area (Å²) < 4.78 is 10.2. The van der Waals surface area contributed by atoms with E-state index in [1.54, 1.807) is 25.7 Å². The lowest BCUT2D eigenvalue weighted by Gasteiger charge is -2.31. The number of aliphatic hydroxyl groups excluding tert-OH is 1. The molecule has 1 atom stereocenters. The third-order valence-corrected chi connectivity index (χ3v) is 2.01. The van der Waals surface area contributed by atoms with Crippen molar-refractivity contribution >= 4 is 5.97 Å². The minimum absolute atomic E-state index is 0.542. The van der Waals surface area contributed by atoms with Crippen molar-refractivity contribution in [3.8, 4) is 0 Å². The summed E-state index contributed by atoms with van der Waals surface area (Å²) >= 11 is 0. The molecule has 0 aliphatic carbocycles. The maximum atomic E-state index is 11.5. The van der Waals surface area contributed by atoms with E-state index in [0.717, 1.165) is 0 Å². The molecule has 0 aromatic carbocycles. The van der Waals surface area contributed by atoms with Crippen molar-refractivity contribution in [2.45, 2.75) is 32.6 Å². The Balaban J connectivity index is 2.44. The van der Waals surface area contributed by atoms with Crippen LogP contribution >= 0.6 is 0 Å². The van der Waals surface area contributed by atoms with Crippen molar-refractivity contribution in [2.75, 3.05) is 26.3 Å². The van der Waals surface area contributed by atoms with Gasteiger partial charge in [-0.25, -0.2) is 4.79 Å². The molecule has 1 N–H and O–H groups in total. The molecule has 0 unspecified atom stereocenters. The summed E-state index contributed by atoms with van der Waals surface area (Å²) in [6.45, 7) is 7.52. The molecule has 0 bridgehead atoms. The van der Waals surface area contributed by atoms with Gasteiger partial charge in [-0.3, -0.25) is 4.90 Å². The molecule has 0 radical (unpaired) electrons. The molecule has 15 heavy (non-hydrogen) atoms. The number of nitrogens with zero attached hydrogens (tertiary/aromatic N) is 1. The second kappa shape index (κ2) is 4.92. The van der Waals surface area contributed by atoms with E-state index < -0.39 is 17.8 Å². The average Bonchev–Trinajstić information content (AvgIpc) is 2.15. The summed E-state index contributed by atoms with van der Waals surface area (Å²) in [5, 5.41) is 9.70. The average molecular weight is 217 g/mol. The lowest BCUT2D eigenvalue weighted by Crippen LogP contribution is -2.49. The molecule has 5 nitrogen and oxygen atoms in total. The fourth-order valence-corrected chi connectivity index (χ4v) is 1.33. The van der Waals surface area contributed by atoms with Crippen LogP contribution in [0.15, 0.2) is 0 Å². The van der Waals surface area contributed by atoms with Crippen LogP contribution in [-0.2, 0) is 14.3 Å². The van der Waals surface area contributed by atoms with Gasteiger partial charge in [-0.05, 0) is 20.8 Å². The van der Waals surface area contributed by atoms with Crippen LogP contribution in [0.3, 0.4) is 0 Å². The molecular weight excluding hydrogens is 198 g/mol. The van der Waals surface area contributed by atoms with Gasteiger partial charge in [-0.15, -0.1) is 0 Å². The van der Waals surface area contributed by atoms with E-state index in [1.165, 1.54) is 0 Å². The van der Waals surface area contributed by atoms with E-state index in [-0.39, 0.29) is 0 Å². The zero-order valence-electron chi connectivity index (χ0n) is 9.52. The van der Waals surface area contributed by atoms with Crippen molar-refractivity contribution in [1.82, 2.24) is 4.90 Å². The summed E-state index contributed by atoms with van der Waals surface area (Å²) in [7, 11) is 0. The van der Waals surface area contributed by atoms with Crippen LogP contribution in [0.2, 0.25) is 0 Å². The zero-order valence-corrected chi connectivity index (χ0v) is 9.52. The number of morpholine rings is 1. The highest BCUT2D eigenvalue weighted by Crippen LogP contribution is 2.11. The van der Waals surface area contributed by atoms with Crippen LogP contribution in [-0.4, -0.2) is 54.1 Å². The molecule has 1 heterocycles. The first-order chi connectivity index (χ1) is 6.90. The summed E-state index contributed by atoms with van der Waals surface area (Å²) in [4.78, 5) is 13.2. The minimum Gasteiger partial charge on any atom is -0.457 e. The molecule has 88 valence electrons. The number of rotatable bonds is 2. The Morgan fingerprint density at radius 2 is 1.93 bits per heavy atom. The van der Waals surface area contributed by atoms with Gasteiger partial charge in [0.15, 0.2) is 0 Å². The van der Waals surface area contributed by atoms with Gasteiger partial charge in [-0.2, -0.15) is 0 Å². The van der Waals surface area contributed by atoms with Gasteiger partial charge in [0, 0.05) is 13.1 Å². The predicted molar refractivity (Wildman–Crippen MR) is 54.2 cm³/mol. The summed E-state index contributed by atoms with van der Waals surface area (Å²) in [5.41, 5.74) is -0.565. The quantitative estimate of drug-likeness (QED) is 0.659. The van der Waals surface area contributed by atoms with Crippen molar-refractivity contribution in [1.29, 1.82) is 0 Å². The van der Waals surface area contributed by atoms with Gasteiger partial charge < -0.3 is 14.6 Å². The van der Waals surface area contributed by atoms with Gasteiger partial charge in [0.25, 0.3) is 0 Å². The Kier molecular flexibility index (Phi) is 4.07. The maximum Gasteiger partial charge on any atom is 0.351 e. The Morgan fingerprint density at radius 1 is 1.40 bits per heavy atom. The highest BCUT2D eigenvalue weighted by molar-refractivity contribution is 5.74. The predicted octanol–water partition coefficient (Wildman–Crippen LogP) is -0.0213. The van der Waals surface area contributed by atoms with E-state index in [9.17, 15) is 9.90 Å². The summed E-state index contributed by atoms with van der Waals surface area (Å²) in [5.74, 6) is -0.593. The number of hydrogen-bond donors (Lipinski definition) is 1. The summed E-state index contributed by atoms with van der Waals surface area (Å²) in [6.07, 6.45) is -1.17. The molecule has 5 heteroatoms. The number of hydrogen-bond acceptors (Lipinski definition) is 5. The lowest BCUT2D eigenvalue weighted by molar-refractivity contribution is -0.179. The van der Waals surface area contributed by atoms with Crippen LogP contribution in [0, 0.1) is 0 Å². The largest absolute Gasteiger partial charge is 0.457 e. The smallest absolute Gasteiger partial charge is 0.351 e. The Labute approximate surface area is 90.0 Å². The second-order valence-corrected chi connectivity index (χ2v) is 4.56. The molecule has 0 aromatic heterocycles. The van der Waals surface area contributed by atoms with Crippen molar-refractivity contribution in [3.05, 3.63) is 0 Å². The van der Waals surface area contributed by atoms with Crippen LogP contribution in [0.1, 0.15) is 20.8 Å². The van der Waals surface area contributed by atoms with Crippen molar-refractivity contribution in [3.63, 3.8) is 0 Å². The normalized spacial score (nSPS) is 21.1. The van der Waals surface area contributed by atoms with Crippen molar-refractivity contribution in [2.24, 2.45) is 0 Å². The van der Waals surface area contributed by atoms with Crippen LogP contribution in [0.25, 0.3) is 0 Å². The van der Waals surface area contributed by atoms with E-state index in [0.29, 0.717) is 26.3 Å². The lowest BCUT2D eigenvalue weighted by atomic mass is 10.2. The fraction of sp³-hybridized carbons (Fsp3) is 0.900. The number of aliphatic hydroxyl groups is 1. The molecule has 0 spiro atoms. The third kappa shape index (κ3) is 4.15. The first-order valence-electron chi connectivity index (χ1n) is 5.13. The van der Waals surface area contributed by atoms with E-state index in [1.807, 2.05) is 0 Å². The van der Waals surface area contributed by atoms with Gasteiger partial charge in [0.05, 0.1) is 13.2 Å². The number of carbonyl (C=O) groups excluding carboxylic acids is 1. The molecule has 1 fully saturated rings.